The maximum Gasteiger partial charge on any atom is 0.00978 e. The van der Waals surface area contributed by atoms with Crippen LogP contribution < -0.4 is 5.32 Å². The number of nitrogens with one attached hydrogen (secondary N) is 1. The second-order valence-corrected chi connectivity index (χ2v) is 5.28. The predicted octanol–water partition coefficient (Wildman–Crippen LogP) is 3.84. The van der Waals surface area contributed by atoms with Gasteiger partial charge in [0.1, 0.15) is 0 Å². The molecule has 0 radical (unpaired) electrons. The Bertz CT molecular complexity index is 159. The van der Waals surface area contributed by atoms with Crippen LogP contribution in [-0.2, 0) is 0 Å². The van der Waals surface area contributed by atoms with Gasteiger partial charge < -0.3 is 5.32 Å². The fourth-order valence-electron chi connectivity index (χ4n) is 2.68. The largest absolute Gasteiger partial charge is 0.314 e. The quantitative estimate of drug-likeness (QED) is 0.643. The zero-order valence-corrected chi connectivity index (χ0v) is 11.1. The van der Waals surface area contributed by atoms with E-state index in [1.807, 2.05) is 0 Å². The van der Waals surface area contributed by atoms with Crippen LogP contribution in [0.25, 0.3) is 0 Å². The van der Waals surface area contributed by atoms with Crippen molar-refractivity contribution in [3.63, 3.8) is 0 Å². The van der Waals surface area contributed by atoms with Crippen molar-refractivity contribution in [3.05, 3.63) is 0 Å². The lowest BCUT2D eigenvalue weighted by Crippen LogP contribution is -2.37. The summed E-state index contributed by atoms with van der Waals surface area (Å²) < 4.78 is 0. The molecule has 1 N–H and O–H groups in total. The van der Waals surface area contributed by atoms with E-state index in [0.717, 1.165) is 30.3 Å². The first kappa shape index (κ1) is 13.0. The van der Waals surface area contributed by atoms with Crippen LogP contribution >= 0.6 is 0 Å². The molecule has 0 aromatic carbocycles. The summed E-state index contributed by atoms with van der Waals surface area (Å²) in [6, 6.07) is 0.771. The molecule has 0 aromatic rings. The lowest BCUT2D eigenvalue weighted by Gasteiger charge is -2.28. The van der Waals surface area contributed by atoms with E-state index in [1.165, 1.54) is 32.1 Å². The van der Waals surface area contributed by atoms with Crippen molar-refractivity contribution in [2.24, 2.45) is 17.8 Å². The van der Waals surface area contributed by atoms with E-state index in [-0.39, 0.29) is 0 Å². The Labute approximate surface area is 96.0 Å². The second-order valence-electron chi connectivity index (χ2n) is 5.28. The average Bonchev–Trinajstić information content (AvgIpc) is 3.07. The molecule has 1 saturated carbocycles. The summed E-state index contributed by atoms with van der Waals surface area (Å²) in [5, 5.41) is 3.70. The third kappa shape index (κ3) is 4.14. The molecule has 0 saturated heterocycles. The van der Waals surface area contributed by atoms with Crippen molar-refractivity contribution < 1.29 is 0 Å². The first-order valence-corrected chi connectivity index (χ1v) is 6.96. The molecule has 0 aromatic heterocycles. The fraction of sp³-hybridized carbons (Fsp3) is 1.00. The Balaban J connectivity index is 2.40. The summed E-state index contributed by atoms with van der Waals surface area (Å²) in [6.07, 6.45) is 7.03. The Morgan fingerprint density at radius 2 is 1.73 bits per heavy atom. The summed E-state index contributed by atoms with van der Waals surface area (Å²) in [4.78, 5) is 0. The Hall–Kier alpha value is -0.0400. The zero-order valence-electron chi connectivity index (χ0n) is 11.1. The SMILES string of the molecule is CCNC(CC(CC)CC)C(C)C1CC1. The van der Waals surface area contributed by atoms with Crippen molar-refractivity contribution in [1.29, 1.82) is 0 Å². The highest BCUT2D eigenvalue weighted by atomic mass is 14.9. The monoisotopic (exact) mass is 211 g/mol. The maximum atomic E-state index is 3.70. The average molecular weight is 211 g/mol. The molecule has 1 nitrogen and oxygen atoms in total. The summed E-state index contributed by atoms with van der Waals surface area (Å²) in [5.41, 5.74) is 0. The summed E-state index contributed by atoms with van der Waals surface area (Å²) in [5.74, 6) is 2.85. The summed E-state index contributed by atoms with van der Waals surface area (Å²) >= 11 is 0. The molecule has 0 bridgehead atoms. The molecule has 2 atom stereocenters. The first-order chi connectivity index (χ1) is 7.22. The van der Waals surface area contributed by atoms with Crippen LogP contribution in [0.5, 0.6) is 0 Å². The molecule has 90 valence electrons. The van der Waals surface area contributed by atoms with Crippen molar-refractivity contribution in [2.75, 3.05) is 6.54 Å². The zero-order chi connectivity index (χ0) is 11.3. The lowest BCUT2D eigenvalue weighted by atomic mass is 9.86. The van der Waals surface area contributed by atoms with Crippen molar-refractivity contribution in [3.8, 4) is 0 Å². The fourth-order valence-corrected chi connectivity index (χ4v) is 2.68. The predicted molar refractivity (Wildman–Crippen MR) is 68.0 cm³/mol. The summed E-state index contributed by atoms with van der Waals surface area (Å²) in [6.45, 7) is 10.5. The number of hydrogen-bond donors (Lipinski definition) is 1. The van der Waals surface area contributed by atoms with Gasteiger partial charge in [-0.15, -0.1) is 0 Å². The molecule has 0 spiro atoms. The van der Waals surface area contributed by atoms with Gasteiger partial charge >= 0.3 is 0 Å². The molecule has 1 rings (SSSR count). The van der Waals surface area contributed by atoms with Crippen LogP contribution in [0.1, 0.15) is 59.8 Å². The van der Waals surface area contributed by atoms with Crippen LogP contribution in [0.2, 0.25) is 0 Å². The highest BCUT2D eigenvalue weighted by Gasteiger charge is 2.33. The van der Waals surface area contributed by atoms with Crippen LogP contribution in [-0.4, -0.2) is 12.6 Å². The molecular weight excluding hydrogens is 182 g/mol. The number of rotatable bonds is 8. The molecule has 1 aliphatic rings. The van der Waals surface area contributed by atoms with Crippen LogP contribution in [0, 0.1) is 17.8 Å². The van der Waals surface area contributed by atoms with Gasteiger partial charge in [-0.3, -0.25) is 0 Å². The van der Waals surface area contributed by atoms with Gasteiger partial charge in [0.25, 0.3) is 0 Å². The lowest BCUT2D eigenvalue weighted by molar-refractivity contribution is 0.278. The van der Waals surface area contributed by atoms with Crippen molar-refractivity contribution in [2.45, 2.75) is 65.8 Å². The van der Waals surface area contributed by atoms with Gasteiger partial charge in [-0.1, -0.05) is 40.5 Å². The third-order valence-corrected chi connectivity index (χ3v) is 4.21. The van der Waals surface area contributed by atoms with E-state index in [0.29, 0.717) is 0 Å². The van der Waals surface area contributed by atoms with E-state index in [9.17, 15) is 0 Å². The van der Waals surface area contributed by atoms with Crippen molar-refractivity contribution >= 4 is 0 Å². The second kappa shape index (κ2) is 6.52. The van der Waals surface area contributed by atoms with Gasteiger partial charge in [-0.25, -0.2) is 0 Å². The van der Waals surface area contributed by atoms with Gasteiger partial charge in [0.05, 0.1) is 0 Å². The summed E-state index contributed by atoms with van der Waals surface area (Å²) in [7, 11) is 0. The molecule has 15 heavy (non-hydrogen) atoms. The smallest absolute Gasteiger partial charge is 0.00978 e. The highest BCUT2D eigenvalue weighted by Crippen LogP contribution is 2.39. The van der Waals surface area contributed by atoms with E-state index >= 15 is 0 Å². The topological polar surface area (TPSA) is 12.0 Å². The Morgan fingerprint density at radius 3 is 2.13 bits per heavy atom. The van der Waals surface area contributed by atoms with E-state index in [2.05, 4.69) is 33.0 Å². The van der Waals surface area contributed by atoms with Gasteiger partial charge in [-0.2, -0.15) is 0 Å². The highest BCUT2D eigenvalue weighted by molar-refractivity contribution is 4.87. The molecule has 1 aliphatic carbocycles. The minimum absolute atomic E-state index is 0.771. The molecule has 0 aliphatic heterocycles. The molecule has 1 heteroatoms. The molecule has 2 unspecified atom stereocenters. The first-order valence-electron chi connectivity index (χ1n) is 6.96. The minimum atomic E-state index is 0.771. The van der Waals surface area contributed by atoms with Crippen LogP contribution in [0.3, 0.4) is 0 Å². The molecule has 1 fully saturated rings. The number of hydrogen-bond acceptors (Lipinski definition) is 1. The van der Waals surface area contributed by atoms with Crippen LogP contribution in [0.4, 0.5) is 0 Å². The van der Waals surface area contributed by atoms with E-state index in [4.69, 9.17) is 0 Å². The molecular formula is C14H29N. The van der Waals surface area contributed by atoms with Gasteiger partial charge in [0.2, 0.25) is 0 Å². The van der Waals surface area contributed by atoms with Crippen molar-refractivity contribution in [1.82, 2.24) is 5.32 Å². The van der Waals surface area contributed by atoms with Gasteiger partial charge in [0, 0.05) is 6.04 Å². The van der Waals surface area contributed by atoms with Crippen LogP contribution in [0.15, 0.2) is 0 Å². The Morgan fingerprint density at radius 1 is 1.13 bits per heavy atom. The standard InChI is InChI=1S/C14H29N/c1-5-12(6-2)10-14(15-7-3)11(4)13-8-9-13/h11-15H,5-10H2,1-4H3. The maximum absolute atomic E-state index is 3.70. The van der Waals surface area contributed by atoms with E-state index < -0.39 is 0 Å². The normalized spacial score (nSPS) is 20.6. The molecule has 0 amide bonds. The van der Waals surface area contributed by atoms with Gasteiger partial charge in [0.15, 0.2) is 0 Å². The third-order valence-electron chi connectivity index (χ3n) is 4.21. The van der Waals surface area contributed by atoms with Gasteiger partial charge in [-0.05, 0) is 43.6 Å². The van der Waals surface area contributed by atoms with E-state index in [1.54, 1.807) is 0 Å². The minimum Gasteiger partial charge on any atom is -0.314 e. The molecule has 0 heterocycles. The Kier molecular flexibility index (Phi) is 5.66.